The molecule has 4 heterocycles. The lowest BCUT2D eigenvalue weighted by Gasteiger charge is -2.22. The summed E-state index contributed by atoms with van der Waals surface area (Å²) in [6.07, 6.45) is 3.05. The van der Waals surface area contributed by atoms with Gasteiger partial charge in [0.05, 0.1) is 28.1 Å². The van der Waals surface area contributed by atoms with Crippen LogP contribution in [0.2, 0.25) is 0 Å². The first-order valence-corrected chi connectivity index (χ1v) is 25.6. The molecule has 0 N–H and O–H groups in total. The van der Waals surface area contributed by atoms with E-state index in [1.807, 2.05) is 11.3 Å². The van der Waals surface area contributed by atoms with Crippen molar-refractivity contribution in [3.63, 3.8) is 0 Å². The number of rotatable bonds is 5. The molecule has 1 unspecified atom stereocenters. The van der Waals surface area contributed by atoms with Gasteiger partial charge in [-0.15, -0.1) is 11.3 Å². The first-order chi connectivity index (χ1) is 35.6. The molecule has 338 valence electrons. The van der Waals surface area contributed by atoms with Crippen LogP contribution < -0.4 is 0 Å². The van der Waals surface area contributed by atoms with E-state index in [-0.39, 0.29) is 5.92 Å². The Morgan fingerprint density at radius 3 is 1.94 bits per heavy atom. The average Bonchev–Trinajstić information content (AvgIpc) is 4.11. The highest BCUT2D eigenvalue weighted by molar-refractivity contribution is 7.25. The van der Waals surface area contributed by atoms with Crippen molar-refractivity contribution in [1.29, 1.82) is 0 Å². The fourth-order valence-electron chi connectivity index (χ4n) is 11.6. The van der Waals surface area contributed by atoms with E-state index in [0.29, 0.717) is 5.84 Å². The molecule has 1 aliphatic rings. The lowest BCUT2D eigenvalue weighted by Crippen LogP contribution is -2.19. The number of thiophene rings is 1. The summed E-state index contributed by atoms with van der Waals surface area (Å²) in [5.41, 5.74) is 12.3. The quantitative estimate of drug-likeness (QED) is 0.170. The Kier molecular flexibility index (Phi) is 9.14. The van der Waals surface area contributed by atoms with E-state index in [4.69, 9.17) is 14.4 Å². The van der Waals surface area contributed by atoms with Gasteiger partial charge in [-0.1, -0.05) is 177 Å². The number of nitrogens with zero attached hydrogens (tertiary/aromatic N) is 3. The third kappa shape index (κ3) is 6.37. The van der Waals surface area contributed by atoms with Gasteiger partial charge in [0.1, 0.15) is 11.2 Å². The van der Waals surface area contributed by atoms with Gasteiger partial charge >= 0.3 is 0 Å². The van der Waals surface area contributed by atoms with Crippen LogP contribution in [0.3, 0.4) is 0 Å². The molecule has 0 saturated heterocycles. The molecule has 0 radical (unpaired) electrons. The van der Waals surface area contributed by atoms with Crippen LogP contribution in [-0.2, 0) is 0 Å². The van der Waals surface area contributed by atoms with Crippen molar-refractivity contribution >= 4 is 125 Å². The van der Waals surface area contributed by atoms with Gasteiger partial charge < -0.3 is 8.98 Å². The maximum Gasteiger partial charge on any atom is 0.160 e. The number of aliphatic imine (C=N–C) groups is 2. The smallest absolute Gasteiger partial charge is 0.160 e. The van der Waals surface area contributed by atoms with E-state index >= 15 is 0 Å². The molecule has 0 saturated carbocycles. The highest BCUT2D eigenvalue weighted by Crippen LogP contribution is 2.44. The Hall–Kier alpha value is -8.90. The molecule has 15 rings (SSSR count). The Balaban J connectivity index is 1.06. The number of allylic oxidation sites excluding steroid dienone is 1. The number of hydrogen-bond acceptors (Lipinski definition) is 4. The van der Waals surface area contributed by atoms with Gasteiger partial charge in [-0.25, -0.2) is 9.98 Å². The first kappa shape index (κ1) is 40.9. The zero-order valence-electron chi connectivity index (χ0n) is 39.3. The Morgan fingerprint density at radius 2 is 1.11 bits per heavy atom. The summed E-state index contributed by atoms with van der Waals surface area (Å²) in [5.74, 6) is 0.653. The van der Waals surface area contributed by atoms with Crippen molar-refractivity contribution in [3.8, 4) is 16.8 Å². The molecule has 14 aromatic rings. The molecule has 0 amide bonds. The molecule has 0 aliphatic carbocycles. The van der Waals surface area contributed by atoms with Crippen LogP contribution in [0.25, 0.3) is 119 Å². The van der Waals surface area contributed by atoms with Crippen molar-refractivity contribution in [1.82, 2.24) is 4.57 Å². The Morgan fingerprint density at radius 1 is 0.444 bits per heavy atom. The number of amidine groups is 1. The van der Waals surface area contributed by atoms with E-state index in [1.165, 1.54) is 68.8 Å². The third-order valence-electron chi connectivity index (χ3n) is 15.0. The Labute approximate surface area is 418 Å². The molecule has 3 aromatic heterocycles. The first-order valence-electron chi connectivity index (χ1n) is 24.8. The topological polar surface area (TPSA) is 42.8 Å². The van der Waals surface area contributed by atoms with E-state index in [2.05, 4.69) is 236 Å². The maximum atomic E-state index is 6.97. The summed E-state index contributed by atoms with van der Waals surface area (Å²) in [4.78, 5) is 11.7. The van der Waals surface area contributed by atoms with Crippen molar-refractivity contribution < 1.29 is 4.42 Å². The molecular formula is C67H43N3OS. The summed E-state index contributed by atoms with van der Waals surface area (Å²) >= 11 is 1.82. The van der Waals surface area contributed by atoms with Gasteiger partial charge in [-0.05, 0) is 104 Å². The fraction of sp³-hybridized carbons (Fsp3) is 0.0448. The van der Waals surface area contributed by atoms with E-state index in [9.17, 15) is 0 Å². The number of furan rings is 1. The predicted molar refractivity (Wildman–Crippen MR) is 307 cm³/mol. The summed E-state index contributed by atoms with van der Waals surface area (Å²) in [6, 6.07) is 79.2. The number of hydrogen-bond donors (Lipinski definition) is 0. The molecule has 72 heavy (non-hydrogen) atoms. The van der Waals surface area contributed by atoms with Crippen LogP contribution in [0.1, 0.15) is 30.0 Å². The number of benzene rings is 11. The highest BCUT2D eigenvalue weighted by Gasteiger charge is 2.27. The van der Waals surface area contributed by atoms with Gasteiger partial charge in [-0.3, -0.25) is 0 Å². The average molecular weight is 938 g/mol. The second-order valence-corrected chi connectivity index (χ2v) is 20.3. The van der Waals surface area contributed by atoms with E-state index < -0.39 is 0 Å². The molecule has 5 heteroatoms. The van der Waals surface area contributed by atoms with E-state index in [0.717, 1.165) is 78.7 Å². The van der Waals surface area contributed by atoms with Crippen molar-refractivity contribution in [2.24, 2.45) is 15.9 Å². The molecule has 0 spiro atoms. The summed E-state index contributed by atoms with van der Waals surface area (Å²) < 4.78 is 11.9. The van der Waals surface area contributed by atoms with Gasteiger partial charge in [0.2, 0.25) is 0 Å². The molecule has 4 nitrogen and oxygen atoms in total. The predicted octanol–water partition coefficient (Wildman–Crippen LogP) is 18.5. The molecular weight excluding hydrogens is 895 g/mol. The third-order valence-corrected chi connectivity index (χ3v) is 16.1. The molecule has 0 bridgehead atoms. The van der Waals surface area contributed by atoms with Crippen LogP contribution in [0.15, 0.2) is 239 Å². The Bertz CT molecular complexity index is 4680. The second kappa shape index (κ2) is 16.1. The zero-order valence-corrected chi connectivity index (χ0v) is 40.1. The van der Waals surface area contributed by atoms with Crippen molar-refractivity contribution in [2.45, 2.75) is 13.3 Å². The second-order valence-electron chi connectivity index (χ2n) is 19.2. The molecule has 1 atom stereocenters. The number of aromatic nitrogens is 1. The van der Waals surface area contributed by atoms with Crippen molar-refractivity contribution in [2.75, 3.05) is 0 Å². The summed E-state index contributed by atoms with van der Waals surface area (Å²) in [6.45, 7) is 2.32. The van der Waals surface area contributed by atoms with E-state index in [1.54, 1.807) is 0 Å². The fourth-order valence-corrected chi connectivity index (χ4v) is 12.7. The van der Waals surface area contributed by atoms with Gasteiger partial charge in [0, 0.05) is 64.3 Å². The molecule has 1 aliphatic heterocycles. The maximum absolute atomic E-state index is 6.97. The van der Waals surface area contributed by atoms with Gasteiger partial charge in [-0.2, -0.15) is 0 Å². The summed E-state index contributed by atoms with van der Waals surface area (Å²) in [5, 5.41) is 14.2. The minimum atomic E-state index is -0.0302. The van der Waals surface area contributed by atoms with Crippen molar-refractivity contribution in [3.05, 3.63) is 241 Å². The minimum absolute atomic E-state index is 0.0302. The minimum Gasteiger partial charge on any atom is -0.456 e. The highest BCUT2D eigenvalue weighted by atomic mass is 32.1. The lowest BCUT2D eigenvalue weighted by molar-refractivity contribution is 0.669. The normalized spacial score (nSPS) is 16.7. The lowest BCUT2D eigenvalue weighted by atomic mass is 9.91. The van der Waals surface area contributed by atoms with Crippen LogP contribution in [0.4, 0.5) is 0 Å². The molecule has 11 aromatic carbocycles. The van der Waals surface area contributed by atoms with Crippen LogP contribution in [-0.4, -0.2) is 16.1 Å². The SMILES string of the molecule is CC1C/C=C(c2cccc(-c3ccccc3)c2)/N=C(c2cccc3sc4ccccc4c23)\N=C/1c1cc2oc3ccc4ccccc4c3c2cc1-n1c2cc3ccccc3cc2c2c3ccccc3ccc21. The van der Waals surface area contributed by atoms with Crippen LogP contribution >= 0.6 is 11.3 Å². The van der Waals surface area contributed by atoms with Crippen LogP contribution in [0, 0.1) is 5.92 Å². The monoisotopic (exact) mass is 937 g/mol. The summed E-state index contributed by atoms with van der Waals surface area (Å²) in [7, 11) is 0. The number of fused-ring (bicyclic) bond motifs is 14. The molecule has 0 fully saturated rings. The van der Waals surface area contributed by atoms with Gasteiger partial charge in [0.25, 0.3) is 0 Å². The van der Waals surface area contributed by atoms with Crippen LogP contribution in [0.5, 0.6) is 0 Å². The van der Waals surface area contributed by atoms with Gasteiger partial charge in [0.15, 0.2) is 5.84 Å². The zero-order chi connectivity index (χ0) is 47.4. The largest absolute Gasteiger partial charge is 0.456 e. The standard InChI is InChI=1S/C67H43N3OS/c1-40-29-32-55(47-22-13-21-44(35-47)41-15-3-2-4-16-41)68-67(51-26-14-28-62-65(51)50-25-11-12-27-61(50)72-62)69-66(40)53-39-60-54(64-49-24-10-8-18-43(49)31-34-59(64)71-60)38-58(53)70-56-33-30-42-17-7-9-23-48(42)63(56)52-36-45-19-5-6-20-46(45)37-57(52)70/h2-28,30-40H,29H2,1H3/b55-32+,68-67-,69-66+.